The van der Waals surface area contributed by atoms with Crippen LogP contribution in [0.5, 0.6) is 0 Å². The number of rotatable bonds is 2. The monoisotopic (exact) mass is 278 g/mol. The van der Waals surface area contributed by atoms with Gasteiger partial charge in [0.25, 0.3) is 5.91 Å². The Bertz CT molecular complexity index is 489. The first kappa shape index (κ1) is 15.0. The van der Waals surface area contributed by atoms with E-state index < -0.39 is 5.82 Å². The van der Waals surface area contributed by atoms with Crippen molar-refractivity contribution in [2.45, 2.75) is 32.7 Å². The van der Waals surface area contributed by atoms with Crippen molar-refractivity contribution in [1.29, 1.82) is 0 Å². The van der Waals surface area contributed by atoms with Crippen molar-refractivity contribution in [3.63, 3.8) is 0 Å². The Balaban J connectivity index is 2.27. The van der Waals surface area contributed by atoms with Crippen LogP contribution in [0.2, 0.25) is 0 Å². The molecule has 0 aliphatic carbocycles. The van der Waals surface area contributed by atoms with E-state index in [1.54, 1.807) is 12.1 Å². The van der Waals surface area contributed by atoms with Gasteiger partial charge in [-0.05, 0) is 45.5 Å². The third-order valence-electron chi connectivity index (χ3n) is 3.99. The Labute approximate surface area is 120 Å². The van der Waals surface area contributed by atoms with Gasteiger partial charge in [0.1, 0.15) is 5.82 Å². The molecule has 0 saturated carbocycles. The summed E-state index contributed by atoms with van der Waals surface area (Å²) in [5, 5.41) is 0. The Morgan fingerprint density at radius 2 is 2.15 bits per heavy atom. The van der Waals surface area contributed by atoms with Crippen LogP contribution in [0.3, 0.4) is 0 Å². The van der Waals surface area contributed by atoms with E-state index in [1.165, 1.54) is 6.07 Å². The number of likely N-dealkylation sites (N-methyl/N-ethyl adjacent to an activating group) is 1. The summed E-state index contributed by atoms with van der Waals surface area (Å²) in [6, 6.07) is 4.89. The number of carbonyl (C=O) groups excluding carboxylic acids is 1. The van der Waals surface area contributed by atoms with Crippen molar-refractivity contribution >= 4 is 5.91 Å². The number of amides is 1. The van der Waals surface area contributed by atoms with Gasteiger partial charge in [-0.1, -0.05) is 18.6 Å². The summed E-state index contributed by atoms with van der Waals surface area (Å²) in [5.41, 5.74) is 1.11. The lowest BCUT2D eigenvalue weighted by Crippen LogP contribution is -2.43. The highest BCUT2D eigenvalue weighted by molar-refractivity contribution is 5.95. The smallest absolute Gasteiger partial charge is 0.257 e. The van der Waals surface area contributed by atoms with Crippen LogP contribution < -0.4 is 0 Å². The minimum absolute atomic E-state index is 0.162. The predicted octanol–water partition coefficient (Wildman–Crippen LogP) is 2.69. The summed E-state index contributed by atoms with van der Waals surface area (Å²) in [6.07, 6.45) is 1.83. The van der Waals surface area contributed by atoms with Crippen molar-refractivity contribution < 1.29 is 9.18 Å². The second kappa shape index (κ2) is 6.35. The van der Waals surface area contributed by atoms with E-state index in [9.17, 15) is 9.18 Å². The van der Waals surface area contributed by atoms with Crippen molar-refractivity contribution in [2.75, 3.05) is 26.7 Å². The molecule has 3 nitrogen and oxygen atoms in total. The second-order valence-electron chi connectivity index (χ2n) is 5.66. The fraction of sp³-hybridized carbons (Fsp3) is 0.562. The fourth-order valence-electron chi connectivity index (χ4n) is 2.82. The van der Waals surface area contributed by atoms with Crippen molar-refractivity contribution in [3.05, 3.63) is 35.1 Å². The summed E-state index contributed by atoms with van der Waals surface area (Å²) in [6.45, 7) is 6.50. The van der Waals surface area contributed by atoms with Gasteiger partial charge in [-0.3, -0.25) is 4.79 Å². The highest BCUT2D eigenvalue weighted by Gasteiger charge is 2.28. The maximum Gasteiger partial charge on any atom is 0.257 e. The molecule has 1 aliphatic rings. The molecule has 20 heavy (non-hydrogen) atoms. The van der Waals surface area contributed by atoms with E-state index >= 15 is 0 Å². The molecule has 0 radical (unpaired) electrons. The summed E-state index contributed by atoms with van der Waals surface area (Å²) >= 11 is 0. The van der Waals surface area contributed by atoms with Gasteiger partial charge < -0.3 is 9.80 Å². The lowest BCUT2D eigenvalue weighted by Gasteiger charge is -2.30. The number of halogens is 1. The summed E-state index contributed by atoms with van der Waals surface area (Å²) in [4.78, 5) is 16.8. The van der Waals surface area contributed by atoms with E-state index in [0.29, 0.717) is 6.54 Å². The van der Waals surface area contributed by atoms with Gasteiger partial charge >= 0.3 is 0 Å². The summed E-state index contributed by atoms with van der Waals surface area (Å²) in [7, 11) is 2.07. The molecule has 1 amide bonds. The highest BCUT2D eigenvalue weighted by Crippen LogP contribution is 2.18. The van der Waals surface area contributed by atoms with E-state index in [-0.39, 0.29) is 17.5 Å². The van der Waals surface area contributed by atoms with Gasteiger partial charge in [-0.2, -0.15) is 0 Å². The molecule has 0 bridgehead atoms. The van der Waals surface area contributed by atoms with Gasteiger partial charge in [0, 0.05) is 19.1 Å². The topological polar surface area (TPSA) is 23.6 Å². The average Bonchev–Trinajstić information content (AvgIpc) is 2.62. The number of aryl methyl sites for hydroxylation is 1. The number of hydrogen-bond donors (Lipinski definition) is 0. The van der Waals surface area contributed by atoms with Crippen molar-refractivity contribution in [1.82, 2.24) is 9.80 Å². The maximum absolute atomic E-state index is 13.9. The Morgan fingerprint density at radius 1 is 1.40 bits per heavy atom. The molecule has 1 atom stereocenters. The van der Waals surface area contributed by atoms with Crippen LogP contribution in [0, 0.1) is 12.7 Å². The molecule has 0 N–H and O–H groups in total. The van der Waals surface area contributed by atoms with Crippen molar-refractivity contribution in [2.24, 2.45) is 0 Å². The first-order chi connectivity index (χ1) is 9.52. The second-order valence-corrected chi connectivity index (χ2v) is 5.66. The molecule has 0 aromatic heterocycles. The molecular weight excluding hydrogens is 255 g/mol. The standard InChI is InChI=1S/C16H23FN2O/c1-4-13-11-18(3)8-5-9-19(13)16(20)14-10-12(2)6-7-15(14)17/h6-7,10,13H,4-5,8-9,11H2,1-3H3. The molecule has 1 heterocycles. The van der Waals surface area contributed by atoms with Gasteiger partial charge in [0.15, 0.2) is 0 Å². The molecule has 1 saturated heterocycles. The van der Waals surface area contributed by atoms with Crippen LogP contribution >= 0.6 is 0 Å². The van der Waals surface area contributed by atoms with Gasteiger partial charge in [0.05, 0.1) is 5.56 Å². The lowest BCUT2D eigenvalue weighted by molar-refractivity contribution is 0.0671. The molecule has 1 aromatic carbocycles. The van der Waals surface area contributed by atoms with E-state index in [2.05, 4.69) is 18.9 Å². The van der Waals surface area contributed by atoms with Crippen LogP contribution in [-0.2, 0) is 0 Å². The minimum Gasteiger partial charge on any atom is -0.334 e. The molecule has 1 fully saturated rings. The minimum atomic E-state index is -0.423. The molecule has 1 aliphatic heterocycles. The molecule has 1 aromatic rings. The molecule has 4 heteroatoms. The van der Waals surface area contributed by atoms with Crippen LogP contribution in [0.4, 0.5) is 4.39 Å². The Hall–Kier alpha value is -1.42. The number of benzene rings is 1. The van der Waals surface area contributed by atoms with Crippen LogP contribution in [0.1, 0.15) is 35.7 Å². The van der Waals surface area contributed by atoms with Crippen LogP contribution in [0.15, 0.2) is 18.2 Å². The summed E-state index contributed by atoms with van der Waals surface area (Å²) in [5.74, 6) is -0.596. The zero-order chi connectivity index (χ0) is 14.7. The van der Waals surface area contributed by atoms with E-state index in [1.807, 2.05) is 11.8 Å². The van der Waals surface area contributed by atoms with E-state index in [4.69, 9.17) is 0 Å². The molecule has 110 valence electrons. The molecule has 2 rings (SSSR count). The molecular formula is C16H23FN2O. The SMILES string of the molecule is CCC1CN(C)CCCN1C(=O)c1cc(C)ccc1F. The Morgan fingerprint density at radius 3 is 2.85 bits per heavy atom. The molecule has 1 unspecified atom stereocenters. The average molecular weight is 278 g/mol. The van der Waals surface area contributed by atoms with Gasteiger partial charge in [-0.25, -0.2) is 4.39 Å². The first-order valence-corrected chi connectivity index (χ1v) is 7.28. The number of hydrogen-bond acceptors (Lipinski definition) is 2. The maximum atomic E-state index is 13.9. The summed E-state index contributed by atoms with van der Waals surface area (Å²) < 4.78 is 13.9. The third-order valence-corrected chi connectivity index (χ3v) is 3.99. The van der Waals surface area contributed by atoms with E-state index in [0.717, 1.165) is 31.5 Å². The normalized spacial score (nSPS) is 20.8. The number of nitrogens with zero attached hydrogens (tertiary/aromatic N) is 2. The van der Waals surface area contributed by atoms with Gasteiger partial charge in [-0.15, -0.1) is 0 Å². The quantitative estimate of drug-likeness (QED) is 0.830. The number of carbonyl (C=O) groups is 1. The third kappa shape index (κ3) is 3.18. The zero-order valence-corrected chi connectivity index (χ0v) is 12.5. The largest absolute Gasteiger partial charge is 0.334 e. The highest BCUT2D eigenvalue weighted by atomic mass is 19.1. The van der Waals surface area contributed by atoms with Crippen LogP contribution in [-0.4, -0.2) is 48.4 Å². The lowest BCUT2D eigenvalue weighted by atomic mass is 10.1. The van der Waals surface area contributed by atoms with Crippen LogP contribution in [0.25, 0.3) is 0 Å². The zero-order valence-electron chi connectivity index (χ0n) is 12.5. The molecule has 0 spiro atoms. The first-order valence-electron chi connectivity index (χ1n) is 7.28. The predicted molar refractivity (Wildman–Crippen MR) is 78.4 cm³/mol. The fourth-order valence-corrected chi connectivity index (χ4v) is 2.82. The Kier molecular flexibility index (Phi) is 4.76. The van der Waals surface area contributed by atoms with Crippen molar-refractivity contribution in [3.8, 4) is 0 Å². The van der Waals surface area contributed by atoms with Gasteiger partial charge in [0.2, 0.25) is 0 Å².